The number of benzene rings is 2. The topological polar surface area (TPSA) is 58.2 Å². The summed E-state index contributed by atoms with van der Waals surface area (Å²) in [6.45, 7) is 0. The highest BCUT2D eigenvalue weighted by Crippen LogP contribution is 2.40. The van der Waals surface area contributed by atoms with Crippen molar-refractivity contribution in [2.75, 3.05) is 5.32 Å². The molecule has 11 heteroatoms. The summed E-state index contributed by atoms with van der Waals surface area (Å²) in [5.41, 5.74) is -2.89. The van der Waals surface area contributed by atoms with E-state index in [9.17, 15) is 31.5 Å². The summed E-state index contributed by atoms with van der Waals surface area (Å²) in [5.74, 6) is -3.89. The van der Waals surface area contributed by atoms with Crippen LogP contribution in [0.25, 0.3) is 0 Å². The van der Waals surface area contributed by atoms with Gasteiger partial charge in [0.05, 0.1) is 16.3 Å². The van der Waals surface area contributed by atoms with Crippen LogP contribution >= 0.6 is 23.2 Å². The number of imide groups is 1. The third-order valence-corrected chi connectivity index (χ3v) is 3.63. The van der Waals surface area contributed by atoms with Gasteiger partial charge in [-0.05, 0) is 24.3 Å². The number of halogens is 7. The molecule has 2 N–H and O–H groups in total. The number of carbonyl (C=O) groups is 2. The molecule has 2 aromatic rings. The molecular weight excluding hydrogens is 406 g/mol. The third-order valence-electron chi connectivity index (χ3n) is 3.01. The Morgan fingerprint density at radius 3 is 2.12 bits per heavy atom. The van der Waals surface area contributed by atoms with E-state index in [-0.39, 0.29) is 5.02 Å². The van der Waals surface area contributed by atoms with Crippen LogP contribution in [0.4, 0.5) is 32.4 Å². The van der Waals surface area contributed by atoms with E-state index < -0.39 is 51.6 Å². The lowest BCUT2D eigenvalue weighted by Crippen LogP contribution is -2.35. The van der Waals surface area contributed by atoms with Crippen molar-refractivity contribution in [3.05, 3.63) is 63.1 Å². The minimum Gasteiger partial charge on any atom is -0.306 e. The van der Waals surface area contributed by atoms with Gasteiger partial charge in [0, 0.05) is 5.02 Å². The average Bonchev–Trinajstić information content (AvgIpc) is 2.49. The first-order chi connectivity index (χ1) is 12.0. The van der Waals surface area contributed by atoms with E-state index in [1.54, 1.807) is 5.32 Å². The monoisotopic (exact) mass is 412 g/mol. The van der Waals surface area contributed by atoms with Gasteiger partial charge in [0.1, 0.15) is 17.2 Å². The van der Waals surface area contributed by atoms with Crippen molar-refractivity contribution in [2.24, 2.45) is 0 Å². The molecule has 0 aliphatic heterocycles. The largest absolute Gasteiger partial charge is 0.417 e. The molecule has 4 nitrogen and oxygen atoms in total. The molecule has 0 heterocycles. The molecule has 0 unspecified atom stereocenters. The third kappa shape index (κ3) is 4.41. The standard InChI is InChI=1S/C15H7Cl2F5N2O2/c16-6-4-7(15(20,21)22)12(17)10(5-6)23-14(26)24-13(25)11-8(18)2-1-3-9(11)19/h1-5H,(H2,23,24,25,26). The highest BCUT2D eigenvalue weighted by atomic mass is 35.5. The highest BCUT2D eigenvalue weighted by Gasteiger charge is 2.35. The fraction of sp³-hybridized carbons (Fsp3) is 0.0667. The number of hydrogen-bond acceptors (Lipinski definition) is 2. The van der Waals surface area contributed by atoms with Gasteiger partial charge >= 0.3 is 12.2 Å². The van der Waals surface area contributed by atoms with Crippen LogP contribution in [0.1, 0.15) is 15.9 Å². The van der Waals surface area contributed by atoms with Crippen LogP contribution in [0.5, 0.6) is 0 Å². The second-order valence-corrected chi connectivity index (χ2v) is 5.63. The van der Waals surface area contributed by atoms with E-state index in [4.69, 9.17) is 23.2 Å². The van der Waals surface area contributed by atoms with Gasteiger partial charge in [-0.1, -0.05) is 29.3 Å². The molecule has 2 aromatic carbocycles. The van der Waals surface area contributed by atoms with Crippen LogP contribution < -0.4 is 10.6 Å². The van der Waals surface area contributed by atoms with Gasteiger partial charge in [0.25, 0.3) is 5.91 Å². The zero-order valence-electron chi connectivity index (χ0n) is 12.3. The summed E-state index contributed by atoms with van der Waals surface area (Å²) in [5, 5.41) is 2.19. The van der Waals surface area contributed by atoms with Gasteiger partial charge in [-0.25, -0.2) is 13.6 Å². The first-order valence-corrected chi connectivity index (χ1v) is 7.39. The Kier molecular flexibility index (Phi) is 5.72. The first kappa shape index (κ1) is 19.9. The van der Waals surface area contributed by atoms with Gasteiger partial charge in [0.15, 0.2) is 0 Å². The SMILES string of the molecule is O=C(NC(=O)c1c(F)cccc1F)Nc1cc(Cl)cc(C(F)(F)F)c1Cl. The van der Waals surface area contributed by atoms with Crippen molar-refractivity contribution < 1.29 is 31.5 Å². The number of hydrogen-bond donors (Lipinski definition) is 2. The second kappa shape index (κ2) is 7.46. The van der Waals surface area contributed by atoms with E-state index >= 15 is 0 Å². The lowest BCUT2D eigenvalue weighted by molar-refractivity contribution is -0.137. The van der Waals surface area contributed by atoms with Crippen LogP contribution in [0.2, 0.25) is 10.0 Å². The van der Waals surface area contributed by atoms with Gasteiger partial charge < -0.3 is 5.32 Å². The Labute approximate surface area is 152 Å². The lowest BCUT2D eigenvalue weighted by atomic mass is 10.2. The van der Waals surface area contributed by atoms with Crippen LogP contribution in [-0.4, -0.2) is 11.9 Å². The molecule has 0 spiro atoms. The molecule has 2 rings (SSSR count). The molecule has 26 heavy (non-hydrogen) atoms. The molecule has 138 valence electrons. The summed E-state index contributed by atoms with van der Waals surface area (Å²) >= 11 is 11.1. The molecule has 0 aliphatic rings. The predicted octanol–water partition coefficient (Wildman–Crippen LogP) is 5.25. The van der Waals surface area contributed by atoms with Gasteiger partial charge in [0.2, 0.25) is 0 Å². The number of rotatable bonds is 2. The summed E-state index contributed by atoms with van der Waals surface area (Å²) in [4.78, 5) is 23.5. The van der Waals surface area contributed by atoms with Crippen LogP contribution in [0.15, 0.2) is 30.3 Å². The fourth-order valence-corrected chi connectivity index (χ4v) is 2.40. The number of urea groups is 1. The molecular formula is C15H7Cl2F5N2O2. The Balaban J connectivity index is 2.23. The van der Waals surface area contributed by atoms with Crippen molar-refractivity contribution in [3.8, 4) is 0 Å². The molecule has 0 atom stereocenters. The highest BCUT2D eigenvalue weighted by molar-refractivity contribution is 6.36. The van der Waals surface area contributed by atoms with Crippen LogP contribution in [-0.2, 0) is 6.18 Å². The minimum atomic E-state index is -4.85. The van der Waals surface area contributed by atoms with Gasteiger partial charge in [-0.3, -0.25) is 10.1 Å². The zero-order valence-corrected chi connectivity index (χ0v) is 13.9. The number of nitrogens with one attached hydrogen (secondary N) is 2. The number of amides is 3. The Hall–Kier alpha value is -2.39. The molecule has 3 amide bonds. The number of anilines is 1. The minimum absolute atomic E-state index is 0.386. The number of alkyl halides is 3. The van der Waals surface area contributed by atoms with Crippen LogP contribution in [0, 0.1) is 11.6 Å². The lowest BCUT2D eigenvalue weighted by Gasteiger charge is -2.14. The van der Waals surface area contributed by atoms with E-state index in [1.807, 2.05) is 5.32 Å². The summed E-state index contributed by atoms with van der Waals surface area (Å²) in [7, 11) is 0. The van der Waals surface area contributed by atoms with Crippen molar-refractivity contribution in [1.29, 1.82) is 0 Å². The summed E-state index contributed by atoms with van der Waals surface area (Å²) < 4.78 is 65.5. The van der Waals surface area contributed by atoms with E-state index in [0.717, 1.165) is 24.3 Å². The second-order valence-electron chi connectivity index (χ2n) is 4.82. The summed E-state index contributed by atoms with van der Waals surface area (Å²) in [6.07, 6.45) is -4.85. The fourth-order valence-electron chi connectivity index (χ4n) is 1.92. The molecule has 0 aromatic heterocycles. The van der Waals surface area contributed by atoms with E-state index in [0.29, 0.717) is 6.07 Å². The molecule has 0 fully saturated rings. The van der Waals surface area contributed by atoms with Crippen LogP contribution in [0.3, 0.4) is 0 Å². The van der Waals surface area contributed by atoms with Gasteiger partial charge in [-0.15, -0.1) is 0 Å². The Morgan fingerprint density at radius 2 is 1.58 bits per heavy atom. The van der Waals surface area contributed by atoms with E-state index in [1.165, 1.54) is 0 Å². The Morgan fingerprint density at radius 1 is 1.00 bits per heavy atom. The molecule has 0 aliphatic carbocycles. The maximum atomic E-state index is 13.5. The van der Waals surface area contributed by atoms with Crippen molar-refractivity contribution in [1.82, 2.24) is 5.32 Å². The predicted molar refractivity (Wildman–Crippen MR) is 84.3 cm³/mol. The maximum absolute atomic E-state index is 13.5. The quantitative estimate of drug-likeness (QED) is 0.661. The van der Waals surface area contributed by atoms with Crippen molar-refractivity contribution in [3.63, 3.8) is 0 Å². The van der Waals surface area contributed by atoms with Crippen molar-refractivity contribution in [2.45, 2.75) is 6.18 Å². The van der Waals surface area contributed by atoms with E-state index in [2.05, 4.69) is 0 Å². The maximum Gasteiger partial charge on any atom is 0.417 e. The average molecular weight is 413 g/mol. The first-order valence-electron chi connectivity index (χ1n) is 6.63. The smallest absolute Gasteiger partial charge is 0.306 e. The molecule has 0 saturated carbocycles. The Bertz CT molecular complexity index is 867. The molecule has 0 bridgehead atoms. The summed E-state index contributed by atoms with van der Waals surface area (Å²) in [6, 6.07) is 2.68. The van der Waals surface area contributed by atoms with Gasteiger partial charge in [-0.2, -0.15) is 13.2 Å². The zero-order chi connectivity index (χ0) is 19.6. The molecule has 0 radical (unpaired) electrons. The number of carbonyl (C=O) groups excluding carboxylic acids is 2. The molecule has 0 saturated heterocycles. The van der Waals surface area contributed by atoms with Crippen molar-refractivity contribution >= 4 is 40.8 Å². The normalized spacial score (nSPS) is 11.2.